The molecular formula is C9H12MgO7S. The molecule has 18 heavy (non-hydrogen) atoms. The first-order chi connectivity index (χ1) is 7.77. The molecule has 1 heterocycles. The molecule has 2 aliphatic rings. The van der Waals surface area contributed by atoms with Crippen LogP contribution in [0.4, 0.5) is 0 Å². The largest absolute Gasteiger partial charge is 2.00 e. The molecule has 1 N–H and O–H groups in total. The molecule has 0 saturated heterocycles. The molecule has 0 amide bonds. The minimum absolute atomic E-state index is 0. The molecule has 1 atom stereocenters. The standard InChI is InChI=1S/C9H10O7S.Mg.2H/c1-9(17(12,13)14)4-5(10)6-7(8(9)11)16-3-2-15-6;;;/h2-4H2,1H3,(H,12,13,14);;;/q;+2;2*-1. The Hall–Kier alpha value is -0.644. The van der Waals surface area contributed by atoms with Crippen molar-refractivity contribution in [2.75, 3.05) is 13.2 Å². The third kappa shape index (κ3) is 2.15. The molecule has 1 unspecified atom stereocenters. The van der Waals surface area contributed by atoms with Crippen LogP contribution in [0, 0.1) is 0 Å². The van der Waals surface area contributed by atoms with Crippen molar-refractivity contribution in [1.82, 2.24) is 0 Å². The van der Waals surface area contributed by atoms with Gasteiger partial charge in [-0.15, -0.1) is 0 Å². The van der Waals surface area contributed by atoms with Crippen molar-refractivity contribution in [3.05, 3.63) is 11.5 Å². The number of Topliss-reactive ketones (excluding diaryl/α,β-unsaturated/α-hetero) is 2. The Kier molecular flexibility index (Phi) is 4.11. The molecule has 0 aromatic rings. The summed E-state index contributed by atoms with van der Waals surface area (Å²) in [5, 5.41) is 0. The van der Waals surface area contributed by atoms with Gasteiger partial charge in [0.15, 0.2) is 4.75 Å². The van der Waals surface area contributed by atoms with Crippen molar-refractivity contribution < 1.29 is 34.9 Å². The van der Waals surface area contributed by atoms with Crippen LogP contribution in [0.1, 0.15) is 16.2 Å². The molecule has 0 aromatic carbocycles. The number of carbonyl (C=O) groups excluding carboxylic acids is 2. The van der Waals surface area contributed by atoms with Crippen LogP contribution in [0.5, 0.6) is 0 Å². The average molecular weight is 289 g/mol. The van der Waals surface area contributed by atoms with Crippen molar-refractivity contribution in [3.8, 4) is 0 Å². The topological polar surface area (TPSA) is 107 Å². The van der Waals surface area contributed by atoms with Crippen LogP contribution in [0.2, 0.25) is 0 Å². The third-order valence-electron chi connectivity index (χ3n) is 2.79. The van der Waals surface area contributed by atoms with E-state index in [1.807, 2.05) is 0 Å². The third-order valence-corrected chi connectivity index (χ3v) is 4.26. The van der Waals surface area contributed by atoms with Gasteiger partial charge in [0.25, 0.3) is 10.1 Å². The zero-order valence-corrected chi connectivity index (χ0v) is 11.9. The smallest absolute Gasteiger partial charge is 1.00 e. The van der Waals surface area contributed by atoms with Gasteiger partial charge >= 0.3 is 23.1 Å². The maximum atomic E-state index is 11.9. The predicted molar refractivity (Wildman–Crippen MR) is 61.5 cm³/mol. The number of ketones is 2. The van der Waals surface area contributed by atoms with Crippen molar-refractivity contribution in [2.24, 2.45) is 0 Å². The van der Waals surface area contributed by atoms with Crippen LogP contribution < -0.4 is 0 Å². The first-order valence-electron chi connectivity index (χ1n) is 4.82. The Morgan fingerprint density at radius 1 is 1.22 bits per heavy atom. The Morgan fingerprint density at radius 2 is 1.72 bits per heavy atom. The van der Waals surface area contributed by atoms with E-state index in [1.165, 1.54) is 0 Å². The van der Waals surface area contributed by atoms with Crippen molar-refractivity contribution in [3.63, 3.8) is 0 Å². The van der Waals surface area contributed by atoms with Gasteiger partial charge in [-0.2, -0.15) is 8.42 Å². The molecule has 0 spiro atoms. The Bertz CT molecular complexity index is 544. The van der Waals surface area contributed by atoms with Crippen molar-refractivity contribution in [2.45, 2.75) is 18.1 Å². The number of hydrogen-bond donors (Lipinski definition) is 1. The second-order valence-corrected chi connectivity index (χ2v) is 5.84. The van der Waals surface area contributed by atoms with E-state index in [-0.39, 0.29) is 44.9 Å². The fourth-order valence-corrected chi connectivity index (χ4v) is 2.35. The zero-order chi connectivity index (χ0) is 12.8. The molecule has 0 radical (unpaired) electrons. The number of ether oxygens (including phenoxy) is 2. The minimum atomic E-state index is -4.70. The first-order valence-corrected chi connectivity index (χ1v) is 6.26. The quantitative estimate of drug-likeness (QED) is 0.501. The van der Waals surface area contributed by atoms with E-state index in [9.17, 15) is 18.0 Å². The Labute approximate surface area is 122 Å². The van der Waals surface area contributed by atoms with Crippen LogP contribution in [0.15, 0.2) is 11.5 Å². The zero-order valence-electron chi connectivity index (χ0n) is 11.6. The fraction of sp³-hybridized carbons (Fsp3) is 0.556. The van der Waals surface area contributed by atoms with Gasteiger partial charge in [0.2, 0.25) is 23.1 Å². The Morgan fingerprint density at radius 3 is 2.22 bits per heavy atom. The SMILES string of the molecule is CC1(S(=O)(=O)O)CC(=O)C2=C(OCCO2)C1=O.[H-].[H-].[Mg+2]. The molecular weight excluding hydrogens is 276 g/mol. The minimum Gasteiger partial charge on any atom is -1.00 e. The van der Waals surface area contributed by atoms with Gasteiger partial charge in [-0.3, -0.25) is 14.1 Å². The molecule has 98 valence electrons. The summed E-state index contributed by atoms with van der Waals surface area (Å²) < 4.78 is 39.2. The molecule has 0 fully saturated rings. The van der Waals surface area contributed by atoms with Crippen LogP contribution >= 0.6 is 0 Å². The van der Waals surface area contributed by atoms with E-state index < -0.39 is 38.6 Å². The van der Waals surface area contributed by atoms with E-state index in [4.69, 9.17) is 14.0 Å². The van der Waals surface area contributed by atoms with Crippen molar-refractivity contribution >= 4 is 44.7 Å². The number of carbonyl (C=O) groups is 2. The maximum Gasteiger partial charge on any atom is 2.00 e. The van der Waals surface area contributed by atoms with E-state index in [2.05, 4.69) is 0 Å². The van der Waals surface area contributed by atoms with Crippen LogP contribution in [-0.2, 0) is 29.2 Å². The summed E-state index contributed by atoms with van der Waals surface area (Å²) in [5.41, 5.74) is 0. The first kappa shape index (κ1) is 15.4. The predicted octanol–water partition coefficient (Wildman–Crippen LogP) is -0.723. The second-order valence-electron chi connectivity index (χ2n) is 3.99. The second kappa shape index (κ2) is 4.80. The molecule has 2 rings (SSSR count). The normalized spacial score (nSPS) is 27.9. The molecule has 0 aromatic heterocycles. The van der Waals surface area contributed by atoms with E-state index in [0.29, 0.717) is 0 Å². The number of rotatable bonds is 1. The van der Waals surface area contributed by atoms with Crippen LogP contribution in [0.3, 0.4) is 0 Å². The summed E-state index contributed by atoms with van der Waals surface area (Å²) >= 11 is 0. The number of hydrogen-bond acceptors (Lipinski definition) is 6. The molecule has 9 heteroatoms. The van der Waals surface area contributed by atoms with Gasteiger partial charge in [0, 0.05) is 6.42 Å². The van der Waals surface area contributed by atoms with Crippen LogP contribution in [-0.4, -0.2) is 65.6 Å². The van der Waals surface area contributed by atoms with E-state index in [0.717, 1.165) is 6.92 Å². The van der Waals surface area contributed by atoms with Gasteiger partial charge in [-0.1, -0.05) is 0 Å². The van der Waals surface area contributed by atoms with E-state index in [1.54, 1.807) is 0 Å². The molecule has 0 bridgehead atoms. The molecule has 1 aliphatic carbocycles. The summed E-state index contributed by atoms with van der Waals surface area (Å²) in [6.45, 7) is 1.17. The molecule has 1 aliphatic heterocycles. The van der Waals surface area contributed by atoms with Gasteiger partial charge in [-0.05, 0) is 6.92 Å². The molecule has 7 nitrogen and oxygen atoms in total. The summed E-state index contributed by atoms with van der Waals surface area (Å²) in [7, 11) is -4.70. The summed E-state index contributed by atoms with van der Waals surface area (Å²) in [6.07, 6.45) is -0.646. The maximum absolute atomic E-state index is 11.9. The van der Waals surface area contributed by atoms with E-state index >= 15 is 0 Å². The van der Waals surface area contributed by atoms with Crippen molar-refractivity contribution in [1.29, 1.82) is 0 Å². The Balaban J connectivity index is 0. The van der Waals surface area contributed by atoms with Gasteiger partial charge < -0.3 is 12.3 Å². The average Bonchev–Trinajstić information content (AvgIpc) is 2.25. The van der Waals surface area contributed by atoms with Gasteiger partial charge in [0.05, 0.1) is 0 Å². The van der Waals surface area contributed by atoms with Gasteiger partial charge in [-0.25, -0.2) is 0 Å². The monoisotopic (exact) mass is 288 g/mol. The molecule has 0 saturated carbocycles. The fourth-order valence-electron chi connectivity index (χ4n) is 1.71. The summed E-state index contributed by atoms with van der Waals surface area (Å²) in [5.74, 6) is -2.27. The van der Waals surface area contributed by atoms with Crippen LogP contribution in [0.25, 0.3) is 0 Å². The summed E-state index contributed by atoms with van der Waals surface area (Å²) in [4.78, 5) is 23.6. The number of allylic oxidation sites excluding steroid dienone is 2. The summed E-state index contributed by atoms with van der Waals surface area (Å²) in [6, 6.07) is 0. The van der Waals surface area contributed by atoms with Gasteiger partial charge in [0.1, 0.15) is 13.2 Å².